The fourth-order valence-corrected chi connectivity index (χ4v) is 5.49. The summed E-state index contributed by atoms with van der Waals surface area (Å²) in [5, 5.41) is 9.34. The third kappa shape index (κ3) is 8.77. The first-order valence-electron chi connectivity index (χ1n) is 12.5. The van der Waals surface area contributed by atoms with Gasteiger partial charge in [0, 0.05) is 31.2 Å². The van der Waals surface area contributed by atoms with Crippen LogP contribution in [0.3, 0.4) is 0 Å². The molecule has 0 aliphatic carbocycles. The van der Waals surface area contributed by atoms with Crippen molar-refractivity contribution in [1.29, 1.82) is 0 Å². The molecule has 3 N–H and O–H groups in total. The number of halogens is 4. The molecule has 1 unspecified atom stereocenters. The van der Waals surface area contributed by atoms with E-state index in [0.29, 0.717) is 42.6 Å². The molecule has 0 radical (unpaired) electrons. The van der Waals surface area contributed by atoms with Crippen molar-refractivity contribution in [2.45, 2.75) is 17.1 Å². The first-order valence-corrected chi connectivity index (χ1v) is 14.9. The Morgan fingerprint density at radius 1 is 0.762 bits per heavy atom. The number of benzene rings is 4. The van der Waals surface area contributed by atoms with E-state index < -0.39 is 17.1 Å². The maximum absolute atomic E-state index is 13.4. The summed E-state index contributed by atoms with van der Waals surface area (Å²) in [4.78, 5) is 39.8. The van der Waals surface area contributed by atoms with Gasteiger partial charge in [-0.1, -0.05) is 76.7 Å². The van der Waals surface area contributed by atoms with Crippen LogP contribution in [0.4, 0.5) is 11.4 Å². The molecule has 0 aliphatic heterocycles. The molecule has 0 fully saturated rings. The van der Waals surface area contributed by atoms with E-state index in [1.807, 2.05) is 6.07 Å². The van der Waals surface area contributed by atoms with Crippen molar-refractivity contribution in [3.05, 3.63) is 128 Å². The zero-order chi connectivity index (χ0) is 30.2. The predicted molar refractivity (Wildman–Crippen MR) is 174 cm³/mol. The Bertz CT molecular complexity index is 1660. The van der Waals surface area contributed by atoms with Gasteiger partial charge in [-0.3, -0.25) is 14.4 Å². The Balaban J connectivity index is 1.50. The Morgan fingerprint density at radius 2 is 1.45 bits per heavy atom. The lowest BCUT2D eigenvalue weighted by molar-refractivity contribution is -0.115. The van der Waals surface area contributed by atoms with Crippen LogP contribution in [0.25, 0.3) is 6.08 Å². The van der Waals surface area contributed by atoms with Crippen LogP contribution < -0.4 is 16.0 Å². The summed E-state index contributed by atoms with van der Waals surface area (Å²) >= 11 is 25.8. The van der Waals surface area contributed by atoms with Crippen molar-refractivity contribution in [3.8, 4) is 0 Å². The van der Waals surface area contributed by atoms with E-state index in [9.17, 15) is 14.4 Å². The van der Waals surface area contributed by atoms with Crippen molar-refractivity contribution in [1.82, 2.24) is 5.32 Å². The highest BCUT2D eigenvalue weighted by atomic mass is 35.5. The lowest BCUT2D eigenvalue weighted by atomic mass is 10.1. The summed E-state index contributed by atoms with van der Waals surface area (Å²) in [5.41, 5.74) is 1.75. The molecule has 0 saturated heterocycles. The Kier molecular flexibility index (Phi) is 11.0. The molecule has 3 amide bonds. The summed E-state index contributed by atoms with van der Waals surface area (Å²) in [6.45, 7) is 1.75. The third-order valence-corrected chi connectivity index (χ3v) is 7.96. The van der Waals surface area contributed by atoms with Crippen LogP contribution in [0.2, 0.25) is 20.1 Å². The van der Waals surface area contributed by atoms with Gasteiger partial charge >= 0.3 is 0 Å². The molecule has 0 heterocycles. The van der Waals surface area contributed by atoms with Crippen molar-refractivity contribution in [3.63, 3.8) is 0 Å². The van der Waals surface area contributed by atoms with E-state index in [1.54, 1.807) is 91.9 Å². The maximum atomic E-state index is 13.4. The average Bonchev–Trinajstić information content (AvgIpc) is 2.96. The van der Waals surface area contributed by atoms with Gasteiger partial charge in [0.1, 0.15) is 5.70 Å². The lowest BCUT2D eigenvalue weighted by Gasteiger charge is -2.15. The monoisotopic (exact) mass is 657 g/mol. The number of rotatable bonds is 9. The molecule has 42 heavy (non-hydrogen) atoms. The van der Waals surface area contributed by atoms with E-state index in [4.69, 9.17) is 46.4 Å². The van der Waals surface area contributed by atoms with Crippen LogP contribution in [0.1, 0.15) is 22.8 Å². The largest absolute Gasteiger partial charge is 0.324 e. The molecule has 6 nitrogen and oxygen atoms in total. The van der Waals surface area contributed by atoms with E-state index in [1.165, 1.54) is 17.8 Å². The van der Waals surface area contributed by atoms with Crippen LogP contribution >= 0.6 is 58.2 Å². The molecular formula is C31H23Cl4N3O3S. The van der Waals surface area contributed by atoms with E-state index in [0.717, 1.165) is 4.90 Å². The number of hydrogen-bond acceptors (Lipinski definition) is 4. The highest BCUT2D eigenvalue weighted by molar-refractivity contribution is 8.00. The molecule has 11 heteroatoms. The van der Waals surface area contributed by atoms with Gasteiger partial charge in [-0.05, 0) is 79.2 Å². The zero-order valence-corrected chi connectivity index (χ0v) is 25.8. The number of carbonyl (C=O) groups is 3. The quantitative estimate of drug-likeness (QED) is 0.124. The maximum Gasteiger partial charge on any atom is 0.272 e. The van der Waals surface area contributed by atoms with E-state index >= 15 is 0 Å². The summed E-state index contributed by atoms with van der Waals surface area (Å²) in [7, 11) is 0. The molecule has 214 valence electrons. The third-order valence-electron chi connectivity index (χ3n) is 5.75. The number of thioether (sulfide) groups is 1. The summed E-state index contributed by atoms with van der Waals surface area (Å²) in [5.74, 6) is -1.30. The highest BCUT2D eigenvalue weighted by Gasteiger charge is 2.18. The number of hydrogen-bond donors (Lipinski definition) is 3. The van der Waals surface area contributed by atoms with Gasteiger partial charge in [0.2, 0.25) is 5.91 Å². The van der Waals surface area contributed by atoms with Crippen LogP contribution in [-0.2, 0) is 9.59 Å². The highest BCUT2D eigenvalue weighted by Crippen LogP contribution is 2.30. The fourth-order valence-electron chi connectivity index (χ4n) is 3.64. The molecule has 0 aromatic heterocycles. The van der Waals surface area contributed by atoms with Crippen LogP contribution in [-0.4, -0.2) is 23.0 Å². The molecule has 0 spiro atoms. The Labute approximate surface area is 267 Å². The van der Waals surface area contributed by atoms with Crippen LogP contribution in [0, 0.1) is 0 Å². The van der Waals surface area contributed by atoms with Crippen molar-refractivity contribution in [2.24, 2.45) is 0 Å². The first kappa shape index (κ1) is 31.5. The second kappa shape index (κ2) is 14.6. The number of anilines is 2. The Hall–Kier alpha value is -3.46. The number of carbonyl (C=O) groups excluding carboxylic acids is 3. The van der Waals surface area contributed by atoms with Gasteiger partial charge in [0.05, 0.1) is 16.0 Å². The Morgan fingerprint density at radius 3 is 2.14 bits per heavy atom. The lowest BCUT2D eigenvalue weighted by Crippen LogP contribution is -2.30. The van der Waals surface area contributed by atoms with Gasteiger partial charge in [-0.25, -0.2) is 0 Å². The average molecular weight is 659 g/mol. The van der Waals surface area contributed by atoms with Gasteiger partial charge < -0.3 is 16.0 Å². The zero-order valence-electron chi connectivity index (χ0n) is 22.0. The molecule has 4 aromatic rings. The summed E-state index contributed by atoms with van der Waals surface area (Å²) in [6.07, 6.45) is 1.47. The van der Waals surface area contributed by atoms with Crippen LogP contribution in [0.5, 0.6) is 0 Å². The minimum atomic E-state index is -0.574. The molecule has 0 aliphatic rings. The SMILES string of the molecule is CC(Sc1cccc(NC(=O)/C(=C\c2ccc(Cl)cc2Cl)NC(=O)c2ccccc2)c1)C(=O)Nc1ccc(Cl)cc1Cl. The molecule has 1 atom stereocenters. The fraction of sp³-hybridized carbons (Fsp3) is 0.0645. The van der Waals surface area contributed by atoms with E-state index in [2.05, 4.69) is 16.0 Å². The molecule has 4 aromatic carbocycles. The van der Waals surface area contributed by atoms with Crippen molar-refractivity contribution >= 4 is 93.3 Å². The van der Waals surface area contributed by atoms with Gasteiger partial charge in [0.25, 0.3) is 11.8 Å². The summed E-state index contributed by atoms with van der Waals surface area (Å²) in [6, 6.07) is 25.2. The smallest absolute Gasteiger partial charge is 0.272 e. The minimum absolute atomic E-state index is 0.0290. The topological polar surface area (TPSA) is 87.3 Å². The van der Waals surface area contributed by atoms with Gasteiger partial charge in [0.15, 0.2) is 0 Å². The second-order valence-corrected chi connectivity index (χ2v) is 12.0. The van der Waals surface area contributed by atoms with E-state index in [-0.39, 0.29) is 11.6 Å². The molecule has 0 saturated carbocycles. The predicted octanol–water partition coefficient (Wildman–Crippen LogP) is 8.83. The van der Waals surface area contributed by atoms with Gasteiger partial charge in [-0.2, -0.15) is 0 Å². The van der Waals surface area contributed by atoms with Crippen molar-refractivity contribution in [2.75, 3.05) is 10.6 Å². The summed E-state index contributed by atoms with van der Waals surface area (Å²) < 4.78 is 0. The normalized spacial score (nSPS) is 11.9. The van der Waals surface area contributed by atoms with Gasteiger partial charge in [-0.15, -0.1) is 11.8 Å². The standard InChI is InChI=1S/C31H23Cl4N3O3S/c1-18(29(39)37-27-13-12-22(33)16-26(27)35)42-24-9-5-8-23(17-24)36-31(41)28(14-20-10-11-21(32)15-25(20)34)38-30(40)19-6-3-2-4-7-19/h2-18H,1H3,(H,36,41)(H,37,39)(H,38,40)/b28-14+. The van der Waals surface area contributed by atoms with Crippen LogP contribution in [0.15, 0.2) is 102 Å². The minimum Gasteiger partial charge on any atom is -0.324 e. The molecule has 0 bridgehead atoms. The number of nitrogens with one attached hydrogen (secondary N) is 3. The second-order valence-electron chi connectivity index (χ2n) is 8.90. The molecule has 4 rings (SSSR count). The number of amides is 3. The van der Waals surface area contributed by atoms with Crippen molar-refractivity contribution < 1.29 is 14.4 Å². The first-order chi connectivity index (χ1) is 20.1. The molecular weight excluding hydrogens is 636 g/mol.